The lowest BCUT2D eigenvalue weighted by atomic mass is 10.8. The van der Waals surface area contributed by atoms with E-state index in [1.54, 1.807) is 0 Å². The van der Waals surface area contributed by atoms with Crippen molar-refractivity contribution in [2.75, 3.05) is 13.2 Å². The van der Waals surface area contributed by atoms with Gasteiger partial charge in [-0.25, -0.2) is 0 Å². The van der Waals surface area contributed by atoms with E-state index >= 15 is 0 Å². The molecule has 8 heavy (non-hydrogen) atoms. The summed E-state index contributed by atoms with van der Waals surface area (Å²) in [5.74, 6) is 0. The predicted octanol–water partition coefficient (Wildman–Crippen LogP) is 0.957. The molecule has 0 aromatic heterocycles. The maximum Gasteiger partial charge on any atom is 0.180 e. The molecule has 0 fully saturated rings. The minimum atomic E-state index is -0.750. The van der Waals surface area contributed by atoms with Crippen LogP contribution in [-0.4, -0.2) is 27.7 Å². The fraction of sp³-hybridized carbons (Fsp3) is 1.00. The Bertz CT molecular complexity index is 29.0. The lowest BCUT2D eigenvalue weighted by Crippen LogP contribution is -1.85. The van der Waals surface area contributed by atoms with Crippen molar-refractivity contribution in [3.63, 3.8) is 0 Å². The second-order valence-electron chi connectivity index (χ2n) is 0.695. The second kappa shape index (κ2) is 10.7. The maximum absolute atomic E-state index is 7.62. The normalized spacial score (nSPS) is 8.25. The molecule has 0 unspecified atom stereocenters. The molecule has 0 amide bonds. The molecule has 0 atom stereocenters. The third kappa shape index (κ3) is 71.0. The Morgan fingerprint density at radius 3 is 1.12 bits per heavy atom. The summed E-state index contributed by atoms with van der Waals surface area (Å²) >= 11 is 14.4. The number of hydrogen-bond acceptors (Lipinski definition) is 2. The van der Waals surface area contributed by atoms with E-state index in [0.29, 0.717) is 0 Å². The molecular weight excluding hydrogens is 174 g/mol. The Balaban J connectivity index is 0. The van der Waals surface area contributed by atoms with Crippen LogP contribution in [0.15, 0.2) is 0 Å². The van der Waals surface area contributed by atoms with Gasteiger partial charge in [-0.15, -0.1) is 0 Å². The first-order valence-corrected chi connectivity index (χ1v) is 3.10. The molecule has 5 heteroatoms. The molecule has 0 radical (unpaired) electrons. The van der Waals surface area contributed by atoms with Gasteiger partial charge in [-0.05, 0) is 0 Å². The highest BCUT2D eigenvalue weighted by Gasteiger charge is 1.78. The number of hydrogen-bond donors (Lipinski definition) is 2. The van der Waals surface area contributed by atoms with Crippen molar-refractivity contribution in [3.05, 3.63) is 0 Å². The van der Waals surface area contributed by atoms with Gasteiger partial charge in [0, 0.05) is 0 Å². The zero-order chi connectivity index (χ0) is 6.99. The molecule has 0 aliphatic rings. The lowest BCUT2D eigenvalue weighted by molar-refractivity contribution is 0.186. The number of halogens is 3. The van der Waals surface area contributed by atoms with E-state index in [1.165, 1.54) is 0 Å². The van der Waals surface area contributed by atoms with Crippen molar-refractivity contribution >= 4 is 34.8 Å². The summed E-state index contributed by atoms with van der Waals surface area (Å²) in [6.45, 7) is -0.250. The quantitative estimate of drug-likeness (QED) is 0.592. The first kappa shape index (κ1) is 11.6. The average molecular weight is 181 g/mol. The van der Waals surface area contributed by atoms with E-state index in [0.717, 1.165) is 0 Å². The van der Waals surface area contributed by atoms with E-state index in [4.69, 9.17) is 45.0 Å². The van der Waals surface area contributed by atoms with E-state index in [1.807, 2.05) is 0 Å². The third-order valence-corrected chi connectivity index (χ3v) is 0.1000. The van der Waals surface area contributed by atoms with E-state index in [2.05, 4.69) is 0 Å². The van der Waals surface area contributed by atoms with Crippen LogP contribution in [-0.2, 0) is 0 Å². The highest BCUT2D eigenvalue weighted by atomic mass is 35.6. The summed E-state index contributed by atoms with van der Waals surface area (Å²) in [5, 5.41) is 15.2. The Morgan fingerprint density at radius 2 is 1.12 bits per heavy atom. The Kier molecular flexibility index (Phi) is 15.5. The van der Waals surface area contributed by atoms with Crippen LogP contribution in [0, 0.1) is 0 Å². The number of alkyl halides is 3. The molecule has 2 N–H and O–H groups in total. The van der Waals surface area contributed by atoms with Crippen LogP contribution < -0.4 is 0 Å². The van der Waals surface area contributed by atoms with Gasteiger partial charge in [-0.2, -0.15) is 0 Å². The highest BCUT2D eigenvalue weighted by Crippen LogP contribution is 2.03. The SMILES string of the molecule is ClC(Cl)Cl.OCCO. The van der Waals surface area contributed by atoms with Crippen molar-refractivity contribution in [2.24, 2.45) is 0 Å². The fourth-order valence-electron chi connectivity index (χ4n) is 0. The van der Waals surface area contributed by atoms with Crippen LogP contribution in [0.3, 0.4) is 0 Å². The highest BCUT2D eigenvalue weighted by molar-refractivity contribution is 6.63. The van der Waals surface area contributed by atoms with Crippen LogP contribution in [0.4, 0.5) is 0 Å². The summed E-state index contributed by atoms with van der Waals surface area (Å²) in [7, 11) is 0. The molecule has 0 aromatic rings. The van der Waals surface area contributed by atoms with Gasteiger partial charge in [-0.3, -0.25) is 0 Å². The Morgan fingerprint density at radius 1 is 1.00 bits per heavy atom. The molecule has 52 valence electrons. The monoisotopic (exact) mass is 180 g/mol. The molecule has 0 saturated carbocycles. The third-order valence-electron chi connectivity index (χ3n) is 0.1000. The number of aliphatic hydroxyl groups is 2. The fourth-order valence-corrected chi connectivity index (χ4v) is 0. The van der Waals surface area contributed by atoms with E-state index in [-0.39, 0.29) is 13.2 Å². The van der Waals surface area contributed by atoms with Crippen LogP contribution in [0.25, 0.3) is 0 Å². The van der Waals surface area contributed by atoms with Gasteiger partial charge in [0.25, 0.3) is 0 Å². The van der Waals surface area contributed by atoms with E-state index < -0.39 is 4.30 Å². The smallest absolute Gasteiger partial charge is 0.180 e. The number of aliphatic hydroxyl groups excluding tert-OH is 2. The maximum atomic E-state index is 7.62. The van der Waals surface area contributed by atoms with Crippen molar-refractivity contribution < 1.29 is 10.2 Å². The molecule has 0 heterocycles. The first-order chi connectivity index (χ1) is 3.65. The van der Waals surface area contributed by atoms with Crippen molar-refractivity contribution in [2.45, 2.75) is 4.30 Å². The van der Waals surface area contributed by atoms with Crippen molar-refractivity contribution in [3.8, 4) is 0 Å². The molecule has 2 nitrogen and oxygen atoms in total. The number of rotatable bonds is 1. The zero-order valence-corrected chi connectivity index (χ0v) is 6.29. The van der Waals surface area contributed by atoms with Gasteiger partial charge >= 0.3 is 0 Å². The Hall–Kier alpha value is 0.790. The molecule has 0 saturated heterocycles. The first-order valence-electron chi connectivity index (χ1n) is 1.79. The van der Waals surface area contributed by atoms with Crippen LogP contribution in [0.5, 0.6) is 0 Å². The minimum Gasteiger partial charge on any atom is -0.394 e. The second-order valence-corrected chi connectivity index (χ2v) is 2.67. The summed E-state index contributed by atoms with van der Waals surface area (Å²) < 4.78 is -0.750. The van der Waals surface area contributed by atoms with Gasteiger partial charge in [0.2, 0.25) is 0 Å². The summed E-state index contributed by atoms with van der Waals surface area (Å²) in [6, 6.07) is 0. The van der Waals surface area contributed by atoms with Crippen molar-refractivity contribution in [1.82, 2.24) is 0 Å². The lowest BCUT2D eigenvalue weighted by Gasteiger charge is -1.70. The molecule has 0 bridgehead atoms. The van der Waals surface area contributed by atoms with Gasteiger partial charge in [0.05, 0.1) is 13.2 Å². The average Bonchev–Trinajstić information content (AvgIpc) is 1.65. The standard InChI is InChI=1S/C2H6O2.CHCl3/c3-1-2-4;2-1(3)4/h3-4H,1-2H2;1H. The van der Waals surface area contributed by atoms with Crippen molar-refractivity contribution in [1.29, 1.82) is 0 Å². The summed E-state index contributed by atoms with van der Waals surface area (Å²) in [4.78, 5) is 0. The molecule has 0 spiro atoms. The topological polar surface area (TPSA) is 40.5 Å². The largest absolute Gasteiger partial charge is 0.394 e. The van der Waals surface area contributed by atoms with Crippen LogP contribution >= 0.6 is 34.8 Å². The molecule has 0 aromatic carbocycles. The van der Waals surface area contributed by atoms with E-state index in [9.17, 15) is 0 Å². The molecule has 0 rings (SSSR count). The van der Waals surface area contributed by atoms with Gasteiger partial charge in [-0.1, -0.05) is 34.8 Å². The molecule has 0 aliphatic heterocycles. The van der Waals surface area contributed by atoms with Gasteiger partial charge in [0.15, 0.2) is 4.30 Å². The summed E-state index contributed by atoms with van der Waals surface area (Å²) in [6.07, 6.45) is 0. The van der Waals surface area contributed by atoms with Gasteiger partial charge in [0.1, 0.15) is 0 Å². The summed E-state index contributed by atoms with van der Waals surface area (Å²) in [5.41, 5.74) is 0. The molecular formula is C3H7Cl3O2. The predicted molar refractivity (Wildman–Crippen MR) is 35.5 cm³/mol. The van der Waals surface area contributed by atoms with Crippen LogP contribution in [0.1, 0.15) is 0 Å². The van der Waals surface area contributed by atoms with Gasteiger partial charge < -0.3 is 10.2 Å². The zero-order valence-electron chi connectivity index (χ0n) is 4.02. The van der Waals surface area contributed by atoms with Crippen LogP contribution in [0.2, 0.25) is 0 Å². The molecule has 0 aliphatic carbocycles. The Labute approximate surface area is 63.0 Å². The minimum absolute atomic E-state index is 0.125.